The topological polar surface area (TPSA) is 78.5 Å². The Hall–Kier alpha value is -1.95. The minimum Gasteiger partial charge on any atom is -0.355 e. The van der Waals surface area contributed by atoms with E-state index in [-0.39, 0.29) is 29.7 Å². The van der Waals surface area contributed by atoms with E-state index in [0.29, 0.717) is 19.0 Å². The highest BCUT2D eigenvalue weighted by Crippen LogP contribution is 2.45. The molecule has 0 aromatic rings. The van der Waals surface area contributed by atoms with Gasteiger partial charge in [-0.05, 0) is 19.3 Å². The van der Waals surface area contributed by atoms with Gasteiger partial charge < -0.3 is 10.6 Å². The van der Waals surface area contributed by atoms with E-state index in [1.165, 1.54) is 17.1 Å². The molecule has 126 valence electrons. The Morgan fingerprint density at radius 1 is 1.26 bits per heavy atom. The van der Waals surface area contributed by atoms with Crippen LogP contribution in [0, 0.1) is 5.41 Å². The molecule has 0 aromatic heterocycles. The number of carbonyl (C=O) groups excluding carboxylic acids is 3. The predicted molar refractivity (Wildman–Crippen MR) is 87.4 cm³/mol. The van der Waals surface area contributed by atoms with Crippen molar-refractivity contribution < 1.29 is 14.4 Å². The molecule has 0 atom stereocenters. The maximum atomic E-state index is 12.2. The van der Waals surface area contributed by atoms with Crippen molar-refractivity contribution in [2.24, 2.45) is 5.41 Å². The van der Waals surface area contributed by atoms with Gasteiger partial charge in [0.2, 0.25) is 5.91 Å². The highest BCUT2D eigenvalue weighted by Gasteiger charge is 2.49. The van der Waals surface area contributed by atoms with Crippen LogP contribution in [-0.2, 0) is 14.4 Å². The highest BCUT2D eigenvalue weighted by molar-refractivity contribution is 6.12. The number of nitrogens with zero attached hydrogens (tertiary/aromatic N) is 1. The average Bonchev–Trinajstić information content (AvgIpc) is 3.24. The SMILES string of the molecule is CC(C)NCC1(C(=O)NCC/C=C/CN2C(=O)C=CC2=O)CC1. The summed E-state index contributed by atoms with van der Waals surface area (Å²) in [5.41, 5.74) is -0.214. The zero-order valence-corrected chi connectivity index (χ0v) is 13.8. The third-order valence-corrected chi connectivity index (χ3v) is 4.14. The minimum absolute atomic E-state index is 0.119. The van der Waals surface area contributed by atoms with E-state index in [1.54, 1.807) is 6.08 Å². The fourth-order valence-corrected chi connectivity index (χ4v) is 2.40. The van der Waals surface area contributed by atoms with Crippen molar-refractivity contribution in [1.82, 2.24) is 15.5 Å². The molecule has 0 spiro atoms. The smallest absolute Gasteiger partial charge is 0.253 e. The van der Waals surface area contributed by atoms with Crippen LogP contribution in [0.5, 0.6) is 0 Å². The molecule has 1 fully saturated rings. The quantitative estimate of drug-likeness (QED) is 0.373. The van der Waals surface area contributed by atoms with E-state index in [1.807, 2.05) is 6.08 Å². The van der Waals surface area contributed by atoms with Crippen LogP contribution in [0.2, 0.25) is 0 Å². The van der Waals surface area contributed by atoms with Gasteiger partial charge in [0.1, 0.15) is 0 Å². The van der Waals surface area contributed by atoms with Crippen LogP contribution in [0.1, 0.15) is 33.1 Å². The summed E-state index contributed by atoms with van der Waals surface area (Å²) in [6.45, 7) is 5.73. The lowest BCUT2D eigenvalue weighted by Gasteiger charge is -2.17. The molecule has 0 radical (unpaired) electrons. The summed E-state index contributed by atoms with van der Waals surface area (Å²) in [5, 5.41) is 6.29. The Labute approximate surface area is 137 Å². The Bertz CT molecular complexity index is 515. The van der Waals surface area contributed by atoms with Crippen molar-refractivity contribution in [3.05, 3.63) is 24.3 Å². The third-order valence-electron chi connectivity index (χ3n) is 4.14. The monoisotopic (exact) mass is 319 g/mol. The van der Waals surface area contributed by atoms with Crippen LogP contribution >= 0.6 is 0 Å². The van der Waals surface area contributed by atoms with Crippen molar-refractivity contribution >= 4 is 17.7 Å². The Balaban J connectivity index is 1.62. The first-order valence-electron chi connectivity index (χ1n) is 8.15. The molecule has 1 aliphatic heterocycles. The fraction of sp³-hybridized carbons (Fsp3) is 0.588. The van der Waals surface area contributed by atoms with Crippen molar-refractivity contribution in [3.8, 4) is 0 Å². The van der Waals surface area contributed by atoms with Crippen molar-refractivity contribution in [1.29, 1.82) is 0 Å². The van der Waals surface area contributed by atoms with Crippen LogP contribution in [-0.4, -0.2) is 48.3 Å². The Morgan fingerprint density at radius 2 is 1.91 bits per heavy atom. The summed E-state index contributed by atoms with van der Waals surface area (Å²) in [6.07, 6.45) is 8.78. The molecule has 0 aromatic carbocycles. The van der Waals surface area contributed by atoms with Crippen LogP contribution in [0.15, 0.2) is 24.3 Å². The lowest BCUT2D eigenvalue weighted by Crippen LogP contribution is -2.40. The van der Waals surface area contributed by atoms with Crippen molar-refractivity contribution in [3.63, 3.8) is 0 Å². The molecular formula is C17H25N3O3. The Kier molecular flexibility index (Phi) is 5.71. The highest BCUT2D eigenvalue weighted by atomic mass is 16.2. The van der Waals surface area contributed by atoms with Crippen LogP contribution in [0.4, 0.5) is 0 Å². The fourth-order valence-electron chi connectivity index (χ4n) is 2.40. The number of nitrogens with one attached hydrogen (secondary N) is 2. The zero-order valence-electron chi connectivity index (χ0n) is 13.8. The van der Waals surface area contributed by atoms with Gasteiger partial charge in [-0.3, -0.25) is 19.3 Å². The number of amides is 3. The second-order valence-electron chi connectivity index (χ2n) is 6.45. The van der Waals surface area contributed by atoms with Crippen LogP contribution < -0.4 is 10.6 Å². The molecular weight excluding hydrogens is 294 g/mol. The lowest BCUT2D eigenvalue weighted by atomic mass is 10.1. The zero-order chi connectivity index (χ0) is 16.9. The Morgan fingerprint density at radius 3 is 2.48 bits per heavy atom. The second kappa shape index (κ2) is 7.55. The maximum absolute atomic E-state index is 12.2. The van der Waals surface area contributed by atoms with Gasteiger partial charge in [0.15, 0.2) is 0 Å². The first-order valence-corrected chi connectivity index (χ1v) is 8.15. The van der Waals surface area contributed by atoms with Crippen molar-refractivity contribution in [2.75, 3.05) is 19.6 Å². The maximum Gasteiger partial charge on any atom is 0.253 e. The summed E-state index contributed by atoms with van der Waals surface area (Å²) < 4.78 is 0. The number of imide groups is 1. The van der Waals surface area contributed by atoms with Gasteiger partial charge >= 0.3 is 0 Å². The van der Waals surface area contributed by atoms with Gasteiger partial charge in [-0.2, -0.15) is 0 Å². The van der Waals surface area contributed by atoms with E-state index in [9.17, 15) is 14.4 Å². The summed E-state index contributed by atoms with van der Waals surface area (Å²) in [5.74, 6) is -0.435. The molecule has 3 amide bonds. The third kappa shape index (κ3) is 4.76. The first-order chi connectivity index (χ1) is 10.9. The molecule has 2 N–H and O–H groups in total. The lowest BCUT2D eigenvalue weighted by molar-refractivity contribution is -0.136. The summed E-state index contributed by atoms with van der Waals surface area (Å²) in [7, 11) is 0. The predicted octanol–water partition coefficient (Wildman–Crippen LogP) is 0.752. The molecule has 2 aliphatic rings. The normalized spacial score (nSPS) is 19.2. The molecule has 1 saturated carbocycles. The van der Waals surface area contributed by atoms with E-state index in [4.69, 9.17) is 0 Å². The van der Waals surface area contributed by atoms with Gasteiger partial charge in [0, 0.05) is 37.8 Å². The van der Waals surface area contributed by atoms with Crippen LogP contribution in [0.25, 0.3) is 0 Å². The molecule has 1 aliphatic carbocycles. The number of hydrogen-bond acceptors (Lipinski definition) is 4. The van der Waals surface area contributed by atoms with Gasteiger partial charge in [-0.15, -0.1) is 0 Å². The second-order valence-corrected chi connectivity index (χ2v) is 6.45. The molecule has 23 heavy (non-hydrogen) atoms. The van der Waals surface area contributed by atoms with Gasteiger partial charge in [0.25, 0.3) is 11.8 Å². The van der Waals surface area contributed by atoms with Crippen molar-refractivity contribution in [2.45, 2.75) is 39.2 Å². The minimum atomic E-state index is -0.277. The molecule has 0 unspecified atom stereocenters. The van der Waals surface area contributed by atoms with E-state index in [2.05, 4.69) is 24.5 Å². The van der Waals surface area contributed by atoms with Gasteiger partial charge in [0.05, 0.1) is 5.41 Å². The van der Waals surface area contributed by atoms with Crippen LogP contribution in [0.3, 0.4) is 0 Å². The largest absolute Gasteiger partial charge is 0.355 e. The summed E-state index contributed by atoms with van der Waals surface area (Å²) >= 11 is 0. The number of rotatable bonds is 9. The molecule has 6 nitrogen and oxygen atoms in total. The summed E-state index contributed by atoms with van der Waals surface area (Å²) in [4.78, 5) is 36.0. The molecule has 6 heteroatoms. The molecule has 2 rings (SSSR count). The van der Waals surface area contributed by atoms with E-state index in [0.717, 1.165) is 19.4 Å². The number of carbonyl (C=O) groups is 3. The van der Waals surface area contributed by atoms with Gasteiger partial charge in [-0.25, -0.2) is 0 Å². The molecule has 0 saturated heterocycles. The molecule has 1 heterocycles. The van der Waals surface area contributed by atoms with E-state index < -0.39 is 0 Å². The average molecular weight is 319 g/mol. The first kappa shape index (κ1) is 17.4. The molecule has 0 bridgehead atoms. The van der Waals surface area contributed by atoms with Gasteiger partial charge in [-0.1, -0.05) is 26.0 Å². The number of hydrogen-bond donors (Lipinski definition) is 2. The summed E-state index contributed by atoms with van der Waals surface area (Å²) in [6, 6.07) is 0.383. The van der Waals surface area contributed by atoms with E-state index >= 15 is 0 Å². The standard InChI is InChI=1S/C17H25N3O3/c1-13(2)19-12-17(8-9-17)16(23)18-10-4-3-5-11-20-14(21)6-7-15(20)22/h3,5-7,13,19H,4,8-12H2,1-2H3,(H,18,23)/b5-3+.